The Balaban J connectivity index is 1.34. The number of thioether (sulfide) groups is 1. The summed E-state index contributed by atoms with van der Waals surface area (Å²) in [7, 11) is 0. The van der Waals surface area contributed by atoms with Crippen LogP contribution in [0.4, 0.5) is 5.69 Å². The van der Waals surface area contributed by atoms with Gasteiger partial charge in [0.1, 0.15) is 11.8 Å². The maximum absolute atomic E-state index is 13.8. The molecule has 208 valence electrons. The number of hydrogen-bond acceptors (Lipinski definition) is 8. The van der Waals surface area contributed by atoms with Gasteiger partial charge in [-0.05, 0) is 43.5 Å². The first-order chi connectivity index (χ1) is 18.4. The fourth-order valence-corrected chi connectivity index (χ4v) is 9.18. The monoisotopic (exact) mass is 546 g/mol. The highest BCUT2D eigenvalue weighted by Gasteiger charge is 2.75. The number of nitrogens with one attached hydrogen (secondary N) is 2. The summed E-state index contributed by atoms with van der Waals surface area (Å²) in [5.41, 5.74) is 0.642. The van der Waals surface area contributed by atoms with Gasteiger partial charge in [0.2, 0.25) is 17.7 Å². The van der Waals surface area contributed by atoms with E-state index in [9.17, 15) is 19.5 Å². The van der Waals surface area contributed by atoms with Gasteiger partial charge in [0, 0.05) is 43.7 Å². The Morgan fingerprint density at radius 2 is 1.92 bits per heavy atom. The molecule has 4 aliphatic heterocycles. The number of carbonyl (C=O) groups is 3. The highest BCUT2D eigenvalue weighted by atomic mass is 32.2. The van der Waals surface area contributed by atoms with Crippen LogP contribution in [0.5, 0.6) is 5.75 Å². The van der Waals surface area contributed by atoms with Crippen molar-refractivity contribution in [2.75, 3.05) is 64.5 Å². The van der Waals surface area contributed by atoms with E-state index in [0.717, 1.165) is 25.3 Å². The third-order valence-corrected chi connectivity index (χ3v) is 10.5. The van der Waals surface area contributed by atoms with Crippen LogP contribution in [0.25, 0.3) is 0 Å². The zero-order valence-electron chi connectivity index (χ0n) is 22.1. The van der Waals surface area contributed by atoms with Gasteiger partial charge >= 0.3 is 0 Å². The molecule has 5 rings (SSSR count). The first-order valence-corrected chi connectivity index (χ1v) is 14.5. The topological polar surface area (TPSA) is 120 Å². The predicted octanol–water partition coefficient (Wildman–Crippen LogP) is 0.802. The molecule has 11 heteroatoms. The number of ether oxygens (including phenoxy) is 2. The molecule has 4 fully saturated rings. The highest BCUT2D eigenvalue weighted by molar-refractivity contribution is 8.02. The molecule has 1 aromatic carbocycles. The Hall–Kier alpha value is -2.34. The van der Waals surface area contributed by atoms with Crippen molar-refractivity contribution in [1.29, 1.82) is 0 Å². The number of hydrogen-bond donors (Lipinski definition) is 3. The number of anilines is 1. The maximum atomic E-state index is 13.8. The molecule has 3 N–H and O–H groups in total. The average Bonchev–Trinajstić information content (AvgIpc) is 3.50. The first kappa shape index (κ1) is 27.2. The van der Waals surface area contributed by atoms with Crippen molar-refractivity contribution in [1.82, 2.24) is 15.1 Å². The van der Waals surface area contributed by atoms with Crippen molar-refractivity contribution >= 4 is 35.2 Å². The summed E-state index contributed by atoms with van der Waals surface area (Å²) in [6.45, 7) is 8.63. The number of carbonyl (C=O) groups excluding carboxylic acids is 3. The van der Waals surface area contributed by atoms with E-state index in [4.69, 9.17) is 9.47 Å². The van der Waals surface area contributed by atoms with Crippen molar-refractivity contribution in [3.05, 3.63) is 24.3 Å². The van der Waals surface area contributed by atoms with E-state index < -0.39 is 22.6 Å². The smallest absolute Gasteiger partial charge is 0.244 e. The van der Waals surface area contributed by atoms with Crippen LogP contribution in [-0.2, 0) is 19.1 Å². The molecule has 4 saturated heterocycles. The van der Waals surface area contributed by atoms with Gasteiger partial charge in [0.15, 0.2) is 0 Å². The number of nitrogens with zero attached hydrogens (tertiary/aromatic N) is 2. The molecule has 3 amide bonds. The molecule has 3 unspecified atom stereocenters. The van der Waals surface area contributed by atoms with E-state index >= 15 is 0 Å². The number of aliphatic hydroxyl groups is 1. The lowest BCUT2D eigenvalue weighted by molar-refractivity contribution is -0.139. The maximum Gasteiger partial charge on any atom is 0.244 e. The van der Waals surface area contributed by atoms with Gasteiger partial charge in [0.25, 0.3) is 0 Å². The van der Waals surface area contributed by atoms with Gasteiger partial charge in [-0.25, -0.2) is 0 Å². The number of aliphatic hydroxyl groups excluding tert-OH is 1. The SMILES string of the molecule is CCOc1ccc(NC(=O)[C@@H]2[C@H]3C(=O)N(CCO)C(C(=O)NCCN4CCOCC4)C34S[C@@H]2CC4C)cc1. The zero-order chi connectivity index (χ0) is 26.9. The number of likely N-dealkylation sites (tertiary alicyclic amines) is 1. The second kappa shape index (κ2) is 11.4. The molecular formula is C27H38N4O6S. The van der Waals surface area contributed by atoms with E-state index in [0.29, 0.717) is 38.6 Å². The Labute approximate surface area is 227 Å². The van der Waals surface area contributed by atoms with Crippen molar-refractivity contribution in [3.63, 3.8) is 0 Å². The van der Waals surface area contributed by atoms with Crippen LogP contribution in [0.15, 0.2) is 24.3 Å². The first-order valence-electron chi connectivity index (χ1n) is 13.6. The van der Waals surface area contributed by atoms with Gasteiger partial charge in [-0.2, -0.15) is 0 Å². The summed E-state index contributed by atoms with van der Waals surface area (Å²) in [5, 5.41) is 15.8. The van der Waals surface area contributed by atoms with Gasteiger partial charge in [0.05, 0.1) is 43.0 Å². The van der Waals surface area contributed by atoms with E-state index in [-0.39, 0.29) is 42.0 Å². The van der Waals surface area contributed by atoms with E-state index in [1.807, 2.05) is 6.92 Å². The molecule has 6 atom stereocenters. The predicted molar refractivity (Wildman–Crippen MR) is 144 cm³/mol. The Bertz CT molecular complexity index is 1030. The zero-order valence-corrected chi connectivity index (χ0v) is 22.9. The second-order valence-corrected chi connectivity index (χ2v) is 12.0. The van der Waals surface area contributed by atoms with Crippen LogP contribution in [-0.4, -0.2) is 108 Å². The molecule has 4 aliphatic rings. The highest BCUT2D eigenvalue weighted by Crippen LogP contribution is 2.68. The molecule has 38 heavy (non-hydrogen) atoms. The Kier molecular flexibility index (Phi) is 8.18. The molecule has 2 bridgehead atoms. The molecule has 10 nitrogen and oxygen atoms in total. The van der Waals surface area contributed by atoms with Gasteiger partial charge < -0.3 is 30.1 Å². The summed E-state index contributed by atoms with van der Waals surface area (Å²) in [6.07, 6.45) is 0.764. The molecule has 4 heterocycles. The number of fused-ring (bicyclic) bond motifs is 1. The van der Waals surface area contributed by atoms with Crippen LogP contribution in [0.2, 0.25) is 0 Å². The van der Waals surface area contributed by atoms with Crippen molar-refractivity contribution in [2.24, 2.45) is 17.8 Å². The van der Waals surface area contributed by atoms with Crippen molar-refractivity contribution in [2.45, 2.75) is 36.3 Å². The molecule has 0 saturated carbocycles. The number of amides is 3. The van der Waals surface area contributed by atoms with Crippen LogP contribution in [0, 0.1) is 17.8 Å². The summed E-state index contributed by atoms with van der Waals surface area (Å²) < 4.78 is 10.2. The summed E-state index contributed by atoms with van der Waals surface area (Å²) in [4.78, 5) is 44.9. The average molecular weight is 547 g/mol. The third kappa shape index (κ3) is 4.78. The number of morpholine rings is 1. The molecular weight excluding hydrogens is 508 g/mol. The van der Waals surface area contributed by atoms with Gasteiger partial charge in [-0.15, -0.1) is 11.8 Å². The van der Waals surface area contributed by atoms with Crippen LogP contribution < -0.4 is 15.4 Å². The lowest BCUT2D eigenvalue weighted by atomic mass is 9.66. The third-order valence-electron chi connectivity index (χ3n) is 8.40. The minimum Gasteiger partial charge on any atom is -0.494 e. The normalized spacial score (nSPS) is 32.3. The molecule has 0 radical (unpaired) electrons. The summed E-state index contributed by atoms with van der Waals surface area (Å²) in [5.74, 6) is -0.943. The minimum absolute atomic E-state index is 0.0402. The van der Waals surface area contributed by atoms with Gasteiger partial charge in [-0.1, -0.05) is 6.92 Å². The van der Waals surface area contributed by atoms with Crippen molar-refractivity contribution < 1.29 is 29.0 Å². The summed E-state index contributed by atoms with van der Waals surface area (Å²) >= 11 is 1.63. The molecule has 0 aromatic heterocycles. The number of benzene rings is 1. The summed E-state index contributed by atoms with van der Waals surface area (Å²) in [6, 6.07) is 6.48. The van der Waals surface area contributed by atoms with Crippen molar-refractivity contribution in [3.8, 4) is 5.75 Å². The Morgan fingerprint density at radius 1 is 1.18 bits per heavy atom. The molecule has 0 aliphatic carbocycles. The Morgan fingerprint density at radius 3 is 2.61 bits per heavy atom. The van der Waals surface area contributed by atoms with E-state index in [2.05, 4.69) is 22.5 Å². The number of rotatable bonds is 10. The van der Waals surface area contributed by atoms with Crippen LogP contribution in [0.1, 0.15) is 20.3 Å². The van der Waals surface area contributed by atoms with E-state index in [1.165, 1.54) is 4.90 Å². The van der Waals surface area contributed by atoms with Crippen LogP contribution in [0.3, 0.4) is 0 Å². The molecule has 1 aromatic rings. The van der Waals surface area contributed by atoms with Crippen LogP contribution >= 0.6 is 11.8 Å². The standard InChI is InChI=1S/C27H38N4O6S/c1-3-37-19-6-4-18(5-7-19)29-24(33)21-20-16-17(2)27(38-20)22(21)26(35)31(10-13-32)23(27)25(34)28-8-9-30-11-14-36-15-12-30/h4-7,17,20-23,32H,3,8-16H2,1-2H3,(H,28,34)(H,29,33)/t17?,20-,21+,22+,23?,27?/m1/s1. The fourth-order valence-electron chi connectivity index (χ4n) is 6.75. The quantitative estimate of drug-likeness (QED) is 0.394. The fraction of sp³-hybridized carbons (Fsp3) is 0.667. The van der Waals surface area contributed by atoms with Gasteiger partial charge in [-0.3, -0.25) is 19.3 Å². The molecule has 1 spiro atoms. The number of β-amino-alcohol motifs (C(OH)–C–C–N with tert-alkyl or cyclic N) is 1. The second-order valence-electron chi connectivity index (χ2n) is 10.5. The lowest BCUT2D eigenvalue weighted by Gasteiger charge is -2.38. The lowest BCUT2D eigenvalue weighted by Crippen LogP contribution is -2.57. The largest absolute Gasteiger partial charge is 0.494 e. The van der Waals surface area contributed by atoms with E-state index in [1.54, 1.807) is 36.0 Å². The minimum atomic E-state index is -0.717.